The van der Waals surface area contributed by atoms with E-state index in [4.69, 9.17) is 6.42 Å². The zero-order valence-electron chi connectivity index (χ0n) is 10.5. The molecule has 0 aliphatic carbocycles. The first-order valence-electron chi connectivity index (χ1n) is 6.17. The minimum atomic E-state index is 0.906. The normalized spacial score (nSPS) is 10.9. The first-order valence-corrected chi connectivity index (χ1v) is 6.17. The molecule has 0 N–H and O–H groups in total. The molecule has 1 aromatic heterocycles. The molecular weight excluding hydrogens is 230 g/mol. The summed E-state index contributed by atoms with van der Waals surface area (Å²) in [5, 5.41) is 1.25. The lowest BCUT2D eigenvalue weighted by Gasteiger charge is -1.98. The quantitative estimate of drug-likeness (QED) is 0.593. The molecule has 1 heteroatoms. The van der Waals surface area contributed by atoms with Gasteiger partial charge in [-0.2, -0.15) is 0 Å². The van der Waals surface area contributed by atoms with Crippen molar-refractivity contribution in [2.24, 2.45) is 0 Å². The Kier molecular flexibility index (Phi) is 2.92. The lowest BCUT2D eigenvalue weighted by atomic mass is 10.1. The highest BCUT2D eigenvalue weighted by Gasteiger charge is 1.96. The van der Waals surface area contributed by atoms with Crippen molar-refractivity contribution in [3.05, 3.63) is 71.9 Å². The van der Waals surface area contributed by atoms with Gasteiger partial charge < -0.3 is 4.57 Å². The molecule has 3 rings (SSSR count). The molecule has 0 spiro atoms. The molecule has 0 saturated carbocycles. The summed E-state index contributed by atoms with van der Waals surface area (Å²) < 4.78 is 2.12. The van der Waals surface area contributed by atoms with Crippen LogP contribution in [-0.4, -0.2) is 4.57 Å². The third-order valence-electron chi connectivity index (χ3n) is 3.13. The number of hydrogen-bond acceptors (Lipinski definition) is 0. The summed E-state index contributed by atoms with van der Waals surface area (Å²) in [6, 6.07) is 18.4. The summed E-state index contributed by atoms with van der Waals surface area (Å²) in [4.78, 5) is 0. The van der Waals surface area contributed by atoms with Gasteiger partial charge in [0.1, 0.15) is 0 Å². The second kappa shape index (κ2) is 4.88. The number of aromatic nitrogens is 1. The molecule has 0 aliphatic heterocycles. The van der Waals surface area contributed by atoms with E-state index in [9.17, 15) is 0 Å². The van der Waals surface area contributed by atoms with E-state index in [1.165, 1.54) is 10.9 Å². The van der Waals surface area contributed by atoms with Gasteiger partial charge in [0.2, 0.25) is 0 Å². The van der Waals surface area contributed by atoms with E-state index < -0.39 is 0 Å². The van der Waals surface area contributed by atoms with Crippen LogP contribution < -0.4 is 0 Å². The fourth-order valence-corrected chi connectivity index (χ4v) is 2.09. The number of hydrogen-bond donors (Lipinski definition) is 0. The zero-order chi connectivity index (χ0) is 13.1. The van der Waals surface area contributed by atoms with Gasteiger partial charge in [-0.25, -0.2) is 0 Å². The van der Waals surface area contributed by atoms with Crippen molar-refractivity contribution in [1.29, 1.82) is 0 Å². The van der Waals surface area contributed by atoms with E-state index in [0.717, 1.165) is 11.1 Å². The summed E-state index contributed by atoms with van der Waals surface area (Å²) in [5.74, 6) is 2.62. The van der Waals surface area contributed by atoms with Crippen LogP contribution in [0.4, 0.5) is 0 Å². The fraction of sp³-hybridized carbons (Fsp3) is 0. The highest BCUT2D eigenvalue weighted by molar-refractivity contribution is 5.83. The monoisotopic (exact) mass is 243 g/mol. The van der Waals surface area contributed by atoms with Crippen molar-refractivity contribution in [2.45, 2.75) is 0 Å². The Morgan fingerprint density at radius 1 is 0.947 bits per heavy atom. The van der Waals surface area contributed by atoms with Gasteiger partial charge in [-0.3, -0.25) is 0 Å². The largest absolute Gasteiger partial charge is 0.323 e. The predicted octanol–water partition coefficient (Wildman–Crippen LogP) is 4.25. The Balaban J connectivity index is 1.91. The molecule has 3 aromatic rings. The van der Waals surface area contributed by atoms with Crippen LogP contribution in [-0.2, 0) is 0 Å². The van der Waals surface area contributed by atoms with Crippen LogP contribution in [0, 0.1) is 12.3 Å². The second-order valence-corrected chi connectivity index (χ2v) is 4.36. The predicted molar refractivity (Wildman–Crippen MR) is 81.5 cm³/mol. The topological polar surface area (TPSA) is 4.93 Å². The summed E-state index contributed by atoms with van der Waals surface area (Å²) in [6.45, 7) is 0. The van der Waals surface area contributed by atoms with Crippen molar-refractivity contribution in [2.75, 3.05) is 0 Å². The molecular formula is C18H13N. The van der Waals surface area contributed by atoms with Crippen molar-refractivity contribution in [3.8, 4) is 12.3 Å². The first-order chi connectivity index (χ1) is 9.36. The number of para-hydroxylation sites is 1. The van der Waals surface area contributed by atoms with Crippen molar-refractivity contribution in [1.82, 2.24) is 4.57 Å². The lowest BCUT2D eigenvalue weighted by molar-refractivity contribution is 1.23. The van der Waals surface area contributed by atoms with Gasteiger partial charge in [0.05, 0.1) is 5.52 Å². The Morgan fingerprint density at radius 2 is 1.74 bits per heavy atom. The Hall–Kier alpha value is -2.72. The summed E-state index contributed by atoms with van der Waals surface area (Å²) in [7, 11) is 0. The highest BCUT2D eigenvalue weighted by Crippen LogP contribution is 2.16. The molecule has 2 aromatic carbocycles. The third-order valence-corrected chi connectivity index (χ3v) is 3.13. The fourth-order valence-electron chi connectivity index (χ4n) is 2.09. The molecule has 19 heavy (non-hydrogen) atoms. The number of fused-ring (bicyclic) bond motifs is 1. The molecule has 0 unspecified atom stereocenters. The molecule has 0 radical (unpaired) electrons. The van der Waals surface area contributed by atoms with E-state index in [-0.39, 0.29) is 0 Å². The molecule has 0 atom stereocenters. The SMILES string of the molecule is C#Cc1ccc(/C=C\n2ccc3ccccc32)cc1. The number of terminal acetylenes is 1. The molecule has 0 fully saturated rings. The first kappa shape index (κ1) is 11.4. The van der Waals surface area contributed by atoms with Gasteiger partial charge in [-0.15, -0.1) is 6.42 Å². The van der Waals surface area contributed by atoms with Gasteiger partial charge in [0, 0.05) is 18.0 Å². The summed E-state index contributed by atoms with van der Waals surface area (Å²) in [6.07, 6.45) is 11.5. The molecule has 1 nitrogen and oxygen atoms in total. The van der Waals surface area contributed by atoms with Gasteiger partial charge >= 0.3 is 0 Å². The second-order valence-electron chi connectivity index (χ2n) is 4.36. The van der Waals surface area contributed by atoms with Gasteiger partial charge in [-0.05, 0) is 41.3 Å². The number of nitrogens with zero attached hydrogens (tertiary/aromatic N) is 1. The standard InChI is InChI=1S/C18H13N/c1-2-15-7-9-16(10-8-15)11-13-19-14-12-17-5-3-4-6-18(17)19/h1,3-14H/b13-11-. The smallest absolute Gasteiger partial charge is 0.0522 e. The van der Waals surface area contributed by atoms with Crippen molar-refractivity contribution < 1.29 is 0 Å². The molecule has 90 valence electrons. The van der Waals surface area contributed by atoms with Crippen LogP contribution >= 0.6 is 0 Å². The minimum Gasteiger partial charge on any atom is -0.323 e. The molecule has 0 bridgehead atoms. The van der Waals surface area contributed by atoms with E-state index >= 15 is 0 Å². The van der Waals surface area contributed by atoms with Gasteiger partial charge in [-0.1, -0.05) is 36.3 Å². The van der Waals surface area contributed by atoms with Crippen LogP contribution in [0.3, 0.4) is 0 Å². The van der Waals surface area contributed by atoms with Crippen molar-refractivity contribution >= 4 is 23.2 Å². The number of benzene rings is 2. The average Bonchev–Trinajstić information content (AvgIpc) is 2.89. The summed E-state index contributed by atoms with van der Waals surface area (Å²) in [5.41, 5.74) is 3.25. The van der Waals surface area contributed by atoms with Crippen LogP contribution in [0.25, 0.3) is 23.2 Å². The minimum absolute atomic E-state index is 0.906. The zero-order valence-corrected chi connectivity index (χ0v) is 10.5. The lowest BCUT2D eigenvalue weighted by Crippen LogP contribution is -1.82. The highest BCUT2D eigenvalue weighted by atomic mass is 14.9. The van der Waals surface area contributed by atoms with Crippen LogP contribution in [0.15, 0.2) is 60.8 Å². The van der Waals surface area contributed by atoms with Crippen molar-refractivity contribution in [3.63, 3.8) is 0 Å². The van der Waals surface area contributed by atoms with Crippen LogP contribution in [0.5, 0.6) is 0 Å². The van der Waals surface area contributed by atoms with E-state index in [1.54, 1.807) is 0 Å². The maximum absolute atomic E-state index is 5.34. The Morgan fingerprint density at radius 3 is 2.53 bits per heavy atom. The molecule has 1 heterocycles. The van der Waals surface area contributed by atoms with E-state index in [1.807, 2.05) is 30.3 Å². The number of rotatable bonds is 2. The average molecular weight is 243 g/mol. The maximum Gasteiger partial charge on any atom is 0.0522 e. The third kappa shape index (κ3) is 2.29. The van der Waals surface area contributed by atoms with Crippen LogP contribution in [0.2, 0.25) is 0 Å². The van der Waals surface area contributed by atoms with E-state index in [2.05, 4.69) is 53.2 Å². The van der Waals surface area contributed by atoms with Gasteiger partial charge in [0.25, 0.3) is 0 Å². The molecule has 0 aliphatic rings. The van der Waals surface area contributed by atoms with E-state index in [0.29, 0.717) is 0 Å². The maximum atomic E-state index is 5.34. The molecule has 0 amide bonds. The molecule has 0 saturated heterocycles. The van der Waals surface area contributed by atoms with Gasteiger partial charge in [0.15, 0.2) is 0 Å². The summed E-state index contributed by atoms with van der Waals surface area (Å²) >= 11 is 0. The Labute approximate surface area is 112 Å². The Bertz CT molecular complexity index is 767. The van der Waals surface area contributed by atoms with Crippen LogP contribution in [0.1, 0.15) is 11.1 Å².